The Labute approximate surface area is 158 Å². The number of benzene rings is 2. The lowest BCUT2D eigenvalue weighted by Crippen LogP contribution is -2.28. The van der Waals surface area contributed by atoms with Crippen molar-refractivity contribution in [3.05, 3.63) is 69.7 Å². The first-order valence-corrected chi connectivity index (χ1v) is 8.47. The second-order valence-corrected chi connectivity index (χ2v) is 6.55. The first-order valence-electron chi connectivity index (χ1n) is 8.47. The van der Waals surface area contributed by atoms with Crippen LogP contribution in [0, 0.1) is 19.7 Å². The van der Waals surface area contributed by atoms with Gasteiger partial charge in [-0.3, -0.25) is 9.36 Å². The first-order chi connectivity index (χ1) is 13.3. The Kier molecular flexibility index (Phi) is 3.92. The summed E-state index contributed by atoms with van der Waals surface area (Å²) in [4.78, 5) is 25.6. The number of halogens is 1. The number of imidazole rings is 1. The fourth-order valence-electron chi connectivity index (χ4n) is 3.35. The third kappa shape index (κ3) is 2.53. The molecule has 0 aliphatic heterocycles. The van der Waals surface area contributed by atoms with Crippen molar-refractivity contribution >= 4 is 16.9 Å². The van der Waals surface area contributed by atoms with Crippen LogP contribution >= 0.6 is 0 Å². The van der Waals surface area contributed by atoms with Gasteiger partial charge in [0.25, 0.3) is 5.91 Å². The number of aryl methyl sites for hydroxylation is 3. The van der Waals surface area contributed by atoms with Gasteiger partial charge in [-0.05, 0) is 49.7 Å². The fraction of sp³-hybridized carbons (Fsp3) is 0.150. The minimum atomic E-state index is -0.931. The lowest BCUT2D eigenvalue weighted by Gasteiger charge is -2.05. The molecule has 7 nitrogen and oxygen atoms in total. The van der Waals surface area contributed by atoms with Gasteiger partial charge in [-0.25, -0.2) is 13.8 Å². The first kappa shape index (κ1) is 17.7. The van der Waals surface area contributed by atoms with E-state index >= 15 is 0 Å². The quantitative estimate of drug-likeness (QED) is 0.576. The van der Waals surface area contributed by atoms with E-state index in [1.54, 1.807) is 32.2 Å². The second kappa shape index (κ2) is 6.19. The molecule has 28 heavy (non-hydrogen) atoms. The topological polar surface area (TPSA) is 90.3 Å². The van der Waals surface area contributed by atoms with Crippen LogP contribution in [0.2, 0.25) is 0 Å². The number of carbonyl (C=O) groups excluding carboxylic acids is 1. The van der Waals surface area contributed by atoms with E-state index in [4.69, 9.17) is 4.52 Å². The van der Waals surface area contributed by atoms with Crippen LogP contribution in [0.1, 0.15) is 21.8 Å². The van der Waals surface area contributed by atoms with E-state index in [1.165, 1.54) is 10.6 Å². The van der Waals surface area contributed by atoms with Crippen molar-refractivity contribution in [1.29, 1.82) is 0 Å². The minimum absolute atomic E-state index is 0.0419. The van der Waals surface area contributed by atoms with Crippen LogP contribution in [-0.2, 0) is 7.05 Å². The van der Waals surface area contributed by atoms with E-state index < -0.39 is 23.2 Å². The number of hydrogen-bond acceptors (Lipinski definition) is 5. The van der Waals surface area contributed by atoms with Crippen molar-refractivity contribution in [3.8, 4) is 16.9 Å². The molecule has 0 fully saturated rings. The van der Waals surface area contributed by atoms with Gasteiger partial charge in [0.15, 0.2) is 11.6 Å². The molecule has 0 spiro atoms. The Morgan fingerprint density at radius 2 is 1.89 bits per heavy atom. The molecule has 0 aliphatic carbocycles. The zero-order valence-corrected chi connectivity index (χ0v) is 15.4. The average Bonchev–Trinajstić information content (AvgIpc) is 3.13. The third-order valence-electron chi connectivity index (χ3n) is 4.78. The summed E-state index contributed by atoms with van der Waals surface area (Å²) in [6.07, 6.45) is 0. The molecule has 1 N–H and O–H groups in total. The molecule has 2 heterocycles. The number of phenolic OH excluding ortho intramolecular Hbond substituents is 1. The van der Waals surface area contributed by atoms with Crippen LogP contribution in [0.25, 0.3) is 22.2 Å². The lowest BCUT2D eigenvalue weighted by atomic mass is 10.0. The molecule has 8 heteroatoms. The highest BCUT2D eigenvalue weighted by Crippen LogP contribution is 2.29. The zero-order chi connectivity index (χ0) is 20.2. The van der Waals surface area contributed by atoms with Crippen molar-refractivity contribution in [2.24, 2.45) is 7.05 Å². The Hall–Kier alpha value is -3.68. The summed E-state index contributed by atoms with van der Waals surface area (Å²) >= 11 is 0. The number of aromatic hydroxyl groups is 1. The van der Waals surface area contributed by atoms with Crippen LogP contribution in [0.15, 0.2) is 45.7 Å². The Bertz CT molecular complexity index is 1290. The van der Waals surface area contributed by atoms with Crippen LogP contribution in [-0.4, -0.2) is 25.3 Å². The summed E-state index contributed by atoms with van der Waals surface area (Å²) < 4.78 is 21.2. The molecule has 2 aromatic heterocycles. The molecule has 0 aliphatic rings. The van der Waals surface area contributed by atoms with Crippen molar-refractivity contribution in [1.82, 2.24) is 14.3 Å². The van der Waals surface area contributed by atoms with Gasteiger partial charge in [0.2, 0.25) is 0 Å². The Morgan fingerprint density at radius 1 is 1.14 bits per heavy atom. The summed E-state index contributed by atoms with van der Waals surface area (Å²) in [6.45, 7) is 3.62. The van der Waals surface area contributed by atoms with Gasteiger partial charge in [0, 0.05) is 18.2 Å². The predicted octanol–water partition coefficient (Wildman–Crippen LogP) is 3.15. The molecule has 4 aromatic rings. The summed E-state index contributed by atoms with van der Waals surface area (Å²) in [5, 5.41) is 13.3. The van der Waals surface area contributed by atoms with Gasteiger partial charge in [-0.2, -0.15) is 0 Å². The summed E-state index contributed by atoms with van der Waals surface area (Å²) in [5.41, 5.74) is 2.69. The van der Waals surface area contributed by atoms with E-state index in [-0.39, 0.29) is 5.56 Å². The molecule has 0 radical (unpaired) electrons. The van der Waals surface area contributed by atoms with Gasteiger partial charge in [-0.1, -0.05) is 11.2 Å². The standard InChI is InChI=1S/C20H16FN3O4/c1-10-18(11(2)28-22-10)12-4-6-15-16(9-12)23(3)20(27)24(15)19(26)13-5-7-17(25)14(21)8-13/h4-9,25H,1-3H3. The molecular formula is C20H16FN3O4. The molecule has 0 bridgehead atoms. The molecule has 0 atom stereocenters. The lowest BCUT2D eigenvalue weighted by molar-refractivity contribution is 0.0959. The van der Waals surface area contributed by atoms with E-state index in [2.05, 4.69) is 5.16 Å². The average molecular weight is 381 g/mol. The van der Waals surface area contributed by atoms with Gasteiger partial charge in [0.05, 0.1) is 16.7 Å². The number of nitrogens with zero attached hydrogens (tertiary/aromatic N) is 3. The molecule has 4 rings (SSSR count). The van der Waals surface area contributed by atoms with E-state index in [0.717, 1.165) is 33.5 Å². The number of hydrogen-bond donors (Lipinski definition) is 1. The molecule has 0 saturated heterocycles. The van der Waals surface area contributed by atoms with Gasteiger partial charge >= 0.3 is 5.69 Å². The fourth-order valence-corrected chi connectivity index (χ4v) is 3.35. The molecule has 0 saturated carbocycles. The smallest absolute Gasteiger partial charge is 0.335 e. The van der Waals surface area contributed by atoms with Crippen LogP contribution < -0.4 is 5.69 Å². The largest absolute Gasteiger partial charge is 0.505 e. The maximum atomic E-state index is 13.7. The van der Waals surface area contributed by atoms with Crippen LogP contribution in [0.5, 0.6) is 5.75 Å². The van der Waals surface area contributed by atoms with E-state index in [1.807, 2.05) is 6.92 Å². The van der Waals surface area contributed by atoms with Crippen molar-refractivity contribution in [2.75, 3.05) is 0 Å². The minimum Gasteiger partial charge on any atom is -0.505 e. The molecular weight excluding hydrogens is 365 g/mol. The van der Waals surface area contributed by atoms with Crippen molar-refractivity contribution in [3.63, 3.8) is 0 Å². The summed E-state index contributed by atoms with van der Waals surface area (Å²) in [5.74, 6) is -1.53. The normalized spacial score (nSPS) is 11.3. The maximum absolute atomic E-state index is 13.7. The van der Waals surface area contributed by atoms with Crippen LogP contribution in [0.4, 0.5) is 4.39 Å². The summed E-state index contributed by atoms with van der Waals surface area (Å²) in [7, 11) is 1.56. The number of rotatable bonds is 2. The van der Waals surface area contributed by atoms with E-state index in [9.17, 15) is 19.1 Å². The molecule has 142 valence electrons. The van der Waals surface area contributed by atoms with Crippen molar-refractivity contribution in [2.45, 2.75) is 13.8 Å². The molecule has 0 unspecified atom stereocenters. The predicted molar refractivity (Wildman–Crippen MR) is 99.9 cm³/mol. The van der Waals surface area contributed by atoms with Gasteiger partial charge in [-0.15, -0.1) is 0 Å². The molecule has 2 aromatic carbocycles. The number of phenols is 1. The second-order valence-electron chi connectivity index (χ2n) is 6.55. The monoisotopic (exact) mass is 381 g/mol. The summed E-state index contributed by atoms with van der Waals surface area (Å²) in [6, 6.07) is 8.46. The number of fused-ring (bicyclic) bond motifs is 1. The molecule has 0 amide bonds. The number of aromatic nitrogens is 3. The Morgan fingerprint density at radius 3 is 2.54 bits per heavy atom. The third-order valence-corrected chi connectivity index (χ3v) is 4.78. The SMILES string of the molecule is Cc1noc(C)c1-c1ccc2c(c1)n(C)c(=O)n2C(=O)c1ccc(O)c(F)c1. The van der Waals surface area contributed by atoms with Crippen LogP contribution in [0.3, 0.4) is 0 Å². The zero-order valence-electron chi connectivity index (χ0n) is 15.4. The highest BCUT2D eigenvalue weighted by Gasteiger charge is 2.21. The Balaban J connectivity index is 1.91. The highest BCUT2D eigenvalue weighted by molar-refractivity contribution is 6.01. The highest BCUT2D eigenvalue weighted by atomic mass is 19.1. The van der Waals surface area contributed by atoms with Gasteiger partial charge in [0.1, 0.15) is 5.76 Å². The van der Waals surface area contributed by atoms with E-state index in [0.29, 0.717) is 16.8 Å². The van der Waals surface area contributed by atoms with Crippen molar-refractivity contribution < 1.29 is 18.8 Å². The number of carbonyl (C=O) groups is 1. The van der Waals surface area contributed by atoms with Gasteiger partial charge < -0.3 is 9.63 Å². The maximum Gasteiger partial charge on any atom is 0.335 e.